The molecule has 0 aliphatic carbocycles. The first kappa shape index (κ1) is 21.1. The zero-order valence-electron chi connectivity index (χ0n) is 17.2. The number of hydrogen-bond acceptors (Lipinski definition) is 5. The fraction of sp³-hybridized carbons (Fsp3) is 0.217. The van der Waals surface area contributed by atoms with Crippen molar-refractivity contribution in [1.82, 2.24) is 0 Å². The monoisotopic (exact) mass is 407 g/mol. The van der Waals surface area contributed by atoms with Gasteiger partial charge >= 0.3 is 6.09 Å². The summed E-state index contributed by atoms with van der Waals surface area (Å²) in [6.07, 6.45) is 0.902. The van der Waals surface area contributed by atoms with E-state index in [0.29, 0.717) is 34.8 Å². The predicted octanol–water partition coefficient (Wildman–Crippen LogP) is 5.00. The van der Waals surface area contributed by atoms with Crippen molar-refractivity contribution in [3.8, 4) is 11.3 Å². The molecule has 7 heteroatoms. The van der Waals surface area contributed by atoms with Crippen LogP contribution in [0.4, 0.5) is 16.2 Å². The molecule has 2 amide bonds. The Bertz CT molecular complexity index is 1030. The van der Waals surface area contributed by atoms with Crippen molar-refractivity contribution in [3.63, 3.8) is 0 Å². The normalized spacial score (nSPS) is 11.1. The van der Waals surface area contributed by atoms with Crippen LogP contribution >= 0.6 is 0 Å². The molecule has 0 saturated heterocycles. The summed E-state index contributed by atoms with van der Waals surface area (Å²) in [4.78, 5) is 24.8. The molecule has 7 nitrogen and oxygen atoms in total. The van der Waals surface area contributed by atoms with Crippen molar-refractivity contribution in [1.29, 1.82) is 0 Å². The van der Waals surface area contributed by atoms with Gasteiger partial charge in [-0.05, 0) is 50.6 Å². The van der Waals surface area contributed by atoms with Crippen molar-refractivity contribution >= 4 is 23.4 Å². The molecule has 0 saturated carbocycles. The second kappa shape index (κ2) is 8.84. The SMILES string of the molecule is CC(C)(C)OC(=O)Nc1ccccc1-c1occc1NC(=O)c1ccc(CN)cc1. The summed E-state index contributed by atoms with van der Waals surface area (Å²) >= 11 is 0. The molecular formula is C23H25N3O4. The topological polar surface area (TPSA) is 107 Å². The van der Waals surface area contributed by atoms with Crippen molar-refractivity contribution in [3.05, 3.63) is 72.0 Å². The van der Waals surface area contributed by atoms with Crippen molar-refractivity contribution in [2.24, 2.45) is 5.73 Å². The maximum Gasteiger partial charge on any atom is 0.412 e. The zero-order chi connectivity index (χ0) is 21.7. The van der Waals surface area contributed by atoms with E-state index >= 15 is 0 Å². The molecule has 0 atom stereocenters. The van der Waals surface area contributed by atoms with Crippen LogP contribution in [0.3, 0.4) is 0 Å². The summed E-state index contributed by atoms with van der Waals surface area (Å²) in [7, 11) is 0. The Morgan fingerprint density at radius 2 is 1.67 bits per heavy atom. The molecule has 0 fully saturated rings. The van der Waals surface area contributed by atoms with E-state index in [-0.39, 0.29) is 5.91 Å². The standard InChI is InChI=1S/C23H25N3O4/c1-23(2,3)30-22(28)26-18-7-5-4-6-17(18)20-19(12-13-29-20)25-21(27)16-10-8-15(14-24)9-11-16/h4-13H,14,24H2,1-3H3,(H,25,27)(H,26,28). The molecule has 0 unspecified atom stereocenters. The Morgan fingerprint density at radius 3 is 2.33 bits per heavy atom. The number of amides is 2. The third-order valence-corrected chi connectivity index (χ3v) is 4.17. The number of ether oxygens (including phenoxy) is 1. The molecule has 4 N–H and O–H groups in total. The summed E-state index contributed by atoms with van der Waals surface area (Å²) in [5.74, 6) is 0.146. The van der Waals surface area contributed by atoms with Gasteiger partial charge in [-0.2, -0.15) is 0 Å². The van der Waals surface area contributed by atoms with Crippen LogP contribution in [-0.2, 0) is 11.3 Å². The Kier molecular flexibility index (Phi) is 6.23. The molecule has 0 radical (unpaired) electrons. The molecule has 156 valence electrons. The number of rotatable bonds is 5. The van der Waals surface area contributed by atoms with Gasteiger partial charge in [0, 0.05) is 23.7 Å². The van der Waals surface area contributed by atoms with Crippen LogP contribution in [0, 0.1) is 0 Å². The Hall–Kier alpha value is -3.58. The van der Waals surface area contributed by atoms with Gasteiger partial charge in [0.15, 0.2) is 5.76 Å². The average Bonchev–Trinajstić information content (AvgIpc) is 3.14. The fourth-order valence-electron chi connectivity index (χ4n) is 2.81. The van der Waals surface area contributed by atoms with E-state index in [2.05, 4.69) is 10.6 Å². The van der Waals surface area contributed by atoms with E-state index in [1.807, 2.05) is 18.2 Å². The number of furan rings is 1. The maximum atomic E-state index is 12.6. The molecule has 0 aliphatic rings. The third kappa shape index (κ3) is 5.27. The third-order valence-electron chi connectivity index (χ3n) is 4.17. The molecule has 3 aromatic rings. The zero-order valence-corrected chi connectivity index (χ0v) is 17.2. The Morgan fingerprint density at radius 1 is 0.967 bits per heavy atom. The smallest absolute Gasteiger partial charge is 0.412 e. The summed E-state index contributed by atoms with van der Waals surface area (Å²) in [5.41, 5.74) is 8.02. The van der Waals surface area contributed by atoms with E-state index in [4.69, 9.17) is 14.9 Å². The van der Waals surface area contributed by atoms with Gasteiger partial charge < -0.3 is 20.2 Å². The first-order valence-corrected chi connectivity index (χ1v) is 9.54. The molecular weight excluding hydrogens is 382 g/mol. The van der Waals surface area contributed by atoms with Crippen LogP contribution in [0.25, 0.3) is 11.3 Å². The van der Waals surface area contributed by atoms with Gasteiger partial charge in [0.25, 0.3) is 5.91 Å². The minimum Gasteiger partial charge on any atom is -0.462 e. The molecule has 2 aromatic carbocycles. The van der Waals surface area contributed by atoms with E-state index in [9.17, 15) is 9.59 Å². The van der Waals surface area contributed by atoms with Gasteiger partial charge in [-0.15, -0.1) is 0 Å². The number of anilines is 2. The molecule has 0 spiro atoms. The molecule has 0 aliphatic heterocycles. The molecule has 30 heavy (non-hydrogen) atoms. The van der Waals surface area contributed by atoms with E-state index in [1.54, 1.807) is 57.2 Å². The highest BCUT2D eigenvalue weighted by Gasteiger charge is 2.20. The molecule has 0 bridgehead atoms. The summed E-state index contributed by atoms with van der Waals surface area (Å²) < 4.78 is 10.9. The van der Waals surface area contributed by atoms with Crippen molar-refractivity contribution in [2.45, 2.75) is 32.9 Å². The summed E-state index contributed by atoms with van der Waals surface area (Å²) in [6, 6.07) is 15.8. The van der Waals surface area contributed by atoms with E-state index in [1.165, 1.54) is 6.26 Å². The van der Waals surface area contributed by atoms with Crippen molar-refractivity contribution in [2.75, 3.05) is 10.6 Å². The van der Waals surface area contributed by atoms with Gasteiger partial charge in [-0.1, -0.05) is 24.3 Å². The number of nitrogens with two attached hydrogens (primary N) is 1. The number of para-hydroxylation sites is 1. The second-order valence-electron chi connectivity index (χ2n) is 7.69. The molecule has 3 rings (SSSR count). The van der Waals surface area contributed by atoms with Crippen LogP contribution in [0.1, 0.15) is 36.7 Å². The van der Waals surface area contributed by atoms with Crippen LogP contribution < -0.4 is 16.4 Å². The van der Waals surface area contributed by atoms with E-state index < -0.39 is 11.7 Å². The summed E-state index contributed by atoms with van der Waals surface area (Å²) in [6.45, 7) is 5.78. The second-order valence-corrected chi connectivity index (χ2v) is 7.69. The van der Waals surface area contributed by atoms with Crippen LogP contribution in [0.2, 0.25) is 0 Å². The van der Waals surface area contributed by atoms with Crippen LogP contribution in [0.5, 0.6) is 0 Å². The largest absolute Gasteiger partial charge is 0.462 e. The first-order valence-electron chi connectivity index (χ1n) is 9.54. The van der Waals surface area contributed by atoms with Crippen molar-refractivity contribution < 1.29 is 18.7 Å². The number of benzene rings is 2. The van der Waals surface area contributed by atoms with E-state index in [0.717, 1.165) is 5.56 Å². The van der Waals surface area contributed by atoms with Gasteiger partial charge in [-0.25, -0.2) is 4.79 Å². The molecule has 1 heterocycles. The lowest BCUT2D eigenvalue weighted by atomic mass is 10.1. The Labute approximate surface area is 175 Å². The highest BCUT2D eigenvalue weighted by atomic mass is 16.6. The number of carbonyl (C=O) groups is 2. The van der Waals surface area contributed by atoms with Gasteiger partial charge in [-0.3, -0.25) is 10.1 Å². The highest BCUT2D eigenvalue weighted by Crippen LogP contribution is 2.35. The predicted molar refractivity (Wildman–Crippen MR) is 116 cm³/mol. The minimum atomic E-state index is -0.623. The maximum absolute atomic E-state index is 12.6. The number of hydrogen-bond donors (Lipinski definition) is 3. The number of nitrogens with one attached hydrogen (secondary N) is 2. The summed E-state index contributed by atoms with van der Waals surface area (Å²) in [5, 5.41) is 5.59. The average molecular weight is 407 g/mol. The first-order chi connectivity index (χ1) is 14.3. The number of carbonyl (C=O) groups excluding carboxylic acids is 2. The van der Waals surface area contributed by atoms with Gasteiger partial charge in [0.05, 0.1) is 17.6 Å². The van der Waals surface area contributed by atoms with Gasteiger partial charge in [0.2, 0.25) is 0 Å². The quantitative estimate of drug-likeness (QED) is 0.551. The lowest BCUT2D eigenvalue weighted by molar-refractivity contribution is 0.0636. The fourth-order valence-corrected chi connectivity index (χ4v) is 2.81. The Balaban J connectivity index is 1.82. The van der Waals surface area contributed by atoms with Crippen LogP contribution in [-0.4, -0.2) is 17.6 Å². The highest BCUT2D eigenvalue weighted by molar-refractivity contribution is 6.06. The minimum absolute atomic E-state index is 0.279. The molecule has 1 aromatic heterocycles. The lowest BCUT2D eigenvalue weighted by Gasteiger charge is -2.20. The lowest BCUT2D eigenvalue weighted by Crippen LogP contribution is -2.27. The van der Waals surface area contributed by atoms with Crippen LogP contribution in [0.15, 0.2) is 65.3 Å². The van der Waals surface area contributed by atoms with Gasteiger partial charge in [0.1, 0.15) is 5.60 Å².